The van der Waals surface area contributed by atoms with E-state index in [1.807, 2.05) is 62.5 Å². The first-order valence-corrected chi connectivity index (χ1v) is 15.1. The first-order valence-electron chi connectivity index (χ1n) is 13.7. The molecule has 2 aromatic carbocycles. The van der Waals surface area contributed by atoms with Gasteiger partial charge >= 0.3 is 0 Å². The second-order valence-corrected chi connectivity index (χ2v) is 12.7. The molecule has 220 valence electrons. The van der Waals surface area contributed by atoms with Gasteiger partial charge in [0.2, 0.25) is 0 Å². The zero-order valence-electron chi connectivity index (χ0n) is 24.2. The topological polar surface area (TPSA) is 114 Å². The molecule has 0 radical (unpaired) electrons. The van der Waals surface area contributed by atoms with Crippen LogP contribution in [0.1, 0.15) is 37.9 Å². The van der Waals surface area contributed by atoms with Gasteiger partial charge in [0.25, 0.3) is 10.1 Å². The average molecular weight is 591 g/mol. The number of fused-ring (bicyclic) bond motifs is 2. The van der Waals surface area contributed by atoms with E-state index < -0.39 is 15.9 Å². The lowest BCUT2D eigenvalue weighted by atomic mass is 10.0. The summed E-state index contributed by atoms with van der Waals surface area (Å²) in [5.41, 5.74) is 5.13. The van der Waals surface area contributed by atoms with E-state index in [1.165, 1.54) is 0 Å². The van der Waals surface area contributed by atoms with Gasteiger partial charge in [-0.1, -0.05) is 24.3 Å². The summed E-state index contributed by atoms with van der Waals surface area (Å²) in [4.78, 5) is 9.32. The van der Waals surface area contributed by atoms with E-state index in [-0.39, 0.29) is 23.1 Å². The molecule has 2 aromatic heterocycles. The number of ether oxygens (including phenoxy) is 3. The molecule has 0 unspecified atom stereocenters. The van der Waals surface area contributed by atoms with Gasteiger partial charge in [-0.2, -0.15) is 8.42 Å². The normalized spacial score (nSPS) is 21.6. The first kappa shape index (κ1) is 28.4. The Bertz CT molecular complexity index is 1750. The molecule has 3 atom stereocenters. The van der Waals surface area contributed by atoms with E-state index in [4.69, 9.17) is 14.2 Å². The second-order valence-electron chi connectivity index (χ2n) is 11.0. The van der Waals surface area contributed by atoms with Crippen LogP contribution in [0.3, 0.4) is 0 Å². The van der Waals surface area contributed by atoms with Crippen LogP contribution in [0, 0.1) is 0 Å². The molecule has 1 aliphatic carbocycles. The Kier molecular flexibility index (Phi) is 7.30. The minimum Gasteiger partial charge on any atom is -0.497 e. The summed E-state index contributed by atoms with van der Waals surface area (Å²) in [6.45, 7) is 6.57. The zero-order valence-corrected chi connectivity index (χ0v) is 25.0. The Morgan fingerprint density at radius 2 is 1.69 bits per heavy atom. The fraction of sp³-hybridized carbons (Fsp3) is 0.355. The van der Waals surface area contributed by atoms with Crippen molar-refractivity contribution in [3.05, 3.63) is 89.4 Å². The average Bonchev–Trinajstić information content (AvgIpc) is 3.62. The predicted octanol–water partition coefficient (Wildman–Crippen LogP) is 5.02. The van der Waals surface area contributed by atoms with Crippen molar-refractivity contribution in [2.45, 2.75) is 62.7 Å². The van der Waals surface area contributed by atoms with Crippen LogP contribution in [0.15, 0.2) is 83.2 Å². The van der Waals surface area contributed by atoms with E-state index in [1.54, 1.807) is 25.6 Å². The SMILES string of the molecule is COc1ccc(CNc2ncnc3c2ccn3[C@@H]2C(C)=C(Cc3ccc(S(=O)(=O)OC)cc3)[C@H]3OC(C)(C)O[C@H]32)cc1. The van der Waals surface area contributed by atoms with Crippen molar-refractivity contribution in [3.8, 4) is 5.75 Å². The molecule has 42 heavy (non-hydrogen) atoms. The Morgan fingerprint density at radius 1 is 0.976 bits per heavy atom. The van der Waals surface area contributed by atoms with Gasteiger partial charge < -0.3 is 24.1 Å². The number of anilines is 1. The zero-order chi connectivity index (χ0) is 29.6. The minimum atomic E-state index is -3.75. The summed E-state index contributed by atoms with van der Waals surface area (Å²) in [6, 6.07) is 16.6. The quantitative estimate of drug-likeness (QED) is 0.212. The van der Waals surface area contributed by atoms with Crippen molar-refractivity contribution in [1.29, 1.82) is 0 Å². The molecule has 0 spiro atoms. The molecule has 11 heteroatoms. The van der Waals surface area contributed by atoms with Gasteiger partial charge in [-0.05, 0) is 79.8 Å². The van der Waals surface area contributed by atoms with E-state index in [9.17, 15) is 8.42 Å². The molecule has 6 rings (SSSR count). The van der Waals surface area contributed by atoms with Crippen LogP contribution >= 0.6 is 0 Å². The largest absolute Gasteiger partial charge is 0.497 e. The standard InChI is InChI=1S/C31H34N4O6S/c1-19-25(16-20-8-12-23(13-9-20)42(36,37)39-5)27-28(41-31(2,3)40-27)26(19)35-15-14-24-29(33-18-34-30(24)35)32-17-21-6-10-22(38-4)11-7-21/h6-15,18,26-28H,16-17H2,1-5H3,(H,32,33,34)/t26-,27-,28+/m1/s1. The number of benzene rings is 2. The maximum absolute atomic E-state index is 12.1. The van der Waals surface area contributed by atoms with Gasteiger partial charge in [-0.15, -0.1) is 0 Å². The van der Waals surface area contributed by atoms with Gasteiger partial charge in [0.15, 0.2) is 5.79 Å². The Hall–Kier alpha value is -3.77. The van der Waals surface area contributed by atoms with Crippen molar-refractivity contribution in [1.82, 2.24) is 14.5 Å². The molecule has 1 aliphatic heterocycles. The summed E-state index contributed by atoms with van der Waals surface area (Å²) in [5, 5.41) is 4.37. The fourth-order valence-electron chi connectivity index (χ4n) is 5.91. The lowest BCUT2D eigenvalue weighted by molar-refractivity contribution is -0.148. The molecule has 10 nitrogen and oxygen atoms in total. The van der Waals surface area contributed by atoms with Crippen molar-refractivity contribution in [3.63, 3.8) is 0 Å². The molecule has 0 saturated carbocycles. The van der Waals surface area contributed by atoms with Gasteiger partial charge in [-0.25, -0.2) is 9.97 Å². The van der Waals surface area contributed by atoms with Crippen molar-refractivity contribution in [2.75, 3.05) is 19.5 Å². The lowest BCUT2D eigenvalue weighted by Gasteiger charge is -2.25. The molecule has 1 saturated heterocycles. The summed E-state index contributed by atoms with van der Waals surface area (Å²) in [6.07, 6.45) is 3.71. The highest BCUT2D eigenvalue weighted by molar-refractivity contribution is 7.86. The predicted molar refractivity (Wildman–Crippen MR) is 158 cm³/mol. The third-order valence-corrected chi connectivity index (χ3v) is 9.28. The highest BCUT2D eigenvalue weighted by Gasteiger charge is 2.53. The molecule has 3 heterocycles. The smallest absolute Gasteiger partial charge is 0.296 e. The van der Waals surface area contributed by atoms with Crippen molar-refractivity contribution < 1.29 is 26.8 Å². The Morgan fingerprint density at radius 3 is 2.38 bits per heavy atom. The summed E-state index contributed by atoms with van der Waals surface area (Å²) >= 11 is 0. The highest BCUT2D eigenvalue weighted by atomic mass is 32.2. The van der Waals surface area contributed by atoms with Crippen LogP contribution in [0.25, 0.3) is 11.0 Å². The summed E-state index contributed by atoms with van der Waals surface area (Å²) in [7, 11) is -0.939. The number of rotatable bonds is 9. The minimum absolute atomic E-state index is 0.123. The van der Waals surface area contributed by atoms with E-state index in [0.717, 1.165) is 52.0 Å². The lowest BCUT2D eigenvalue weighted by Crippen LogP contribution is -2.29. The number of hydrogen-bond acceptors (Lipinski definition) is 9. The fourth-order valence-corrected chi connectivity index (χ4v) is 6.57. The molecule has 0 bridgehead atoms. The molecule has 1 N–H and O–H groups in total. The molecular formula is C31H34N4O6S. The van der Waals surface area contributed by atoms with Crippen LogP contribution in [0.2, 0.25) is 0 Å². The monoisotopic (exact) mass is 590 g/mol. The van der Waals surface area contributed by atoms with Crippen LogP contribution in [-0.2, 0) is 36.7 Å². The second kappa shape index (κ2) is 10.8. The first-order chi connectivity index (χ1) is 20.1. The molecule has 4 aromatic rings. The highest BCUT2D eigenvalue weighted by Crippen LogP contribution is 2.48. The molecular weight excluding hydrogens is 556 g/mol. The van der Waals surface area contributed by atoms with Gasteiger partial charge in [0.1, 0.15) is 35.7 Å². The maximum Gasteiger partial charge on any atom is 0.296 e. The van der Waals surface area contributed by atoms with Gasteiger partial charge in [0.05, 0.1) is 30.5 Å². The number of methoxy groups -OCH3 is 1. The molecule has 1 fully saturated rings. The third kappa shape index (κ3) is 5.17. The van der Waals surface area contributed by atoms with Gasteiger partial charge in [0, 0.05) is 12.7 Å². The van der Waals surface area contributed by atoms with Crippen LogP contribution in [0.4, 0.5) is 5.82 Å². The van der Waals surface area contributed by atoms with Crippen molar-refractivity contribution in [2.24, 2.45) is 0 Å². The number of hydrogen-bond donors (Lipinski definition) is 1. The summed E-state index contributed by atoms with van der Waals surface area (Å²) in [5.74, 6) is 0.815. The number of aromatic nitrogens is 3. The summed E-state index contributed by atoms with van der Waals surface area (Å²) < 4.78 is 49.1. The van der Waals surface area contributed by atoms with Crippen LogP contribution < -0.4 is 10.1 Å². The van der Waals surface area contributed by atoms with Crippen LogP contribution in [-0.4, -0.2) is 55.2 Å². The molecule has 2 aliphatic rings. The van der Waals surface area contributed by atoms with Crippen LogP contribution in [0.5, 0.6) is 5.75 Å². The van der Waals surface area contributed by atoms with E-state index in [2.05, 4.69) is 31.0 Å². The Labute approximate surface area is 245 Å². The number of nitrogens with one attached hydrogen (secondary N) is 1. The van der Waals surface area contributed by atoms with E-state index >= 15 is 0 Å². The van der Waals surface area contributed by atoms with Gasteiger partial charge in [-0.3, -0.25) is 4.18 Å². The number of nitrogens with zero attached hydrogens (tertiary/aromatic N) is 3. The Balaban J connectivity index is 1.31. The van der Waals surface area contributed by atoms with Crippen molar-refractivity contribution >= 4 is 27.0 Å². The van der Waals surface area contributed by atoms with E-state index in [0.29, 0.717) is 13.0 Å². The molecule has 0 amide bonds. The maximum atomic E-state index is 12.1. The third-order valence-electron chi connectivity index (χ3n) is 7.99.